The average Bonchev–Trinajstić information content (AvgIpc) is 2.40. The van der Waals surface area contributed by atoms with Crippen LogP contribution in [-0.2, 0) is 15.9 Å². The van der Waals surface area contributed by atoms with Crippen molar-refractivity contribution in [2.24, 2.45) is 5.92 Å². The maximum absolute atomic E-state index is 13.8. The number of sulfonamides is 1. The van der Waals surface area contributed by atoms with E-state index in [1.54, 1.807) is 0 Å². The Morgan fingerprint density at radius 3 is 2.45 bits per heavy atom. The first-order chi connectivity index (χ1) is 9.23. The molecule has 1 rings (SSSR count). The molecule has 7 heteroatoms. The number of benzene rings is 1. The topological polar surface area (TPSA) is 37.4 Å². The minimum Gasteiger partial charge on any atom is -0.207 e. The standard InChI is InChI=1S/C13H18ClF2NO2S/c1-4-9(2)8-17(3)20(18,19)12-6-10(7-14)5-11(15)13(12)16/h5-6,9H,4,7-8H2,1-3H3. The van der Waals surface area contributed by atoms with Gasteiger partial charge >= 0.3 is 0 Å². The van der Waals surface area contributed by atoms with Gasteiger partial charge in [0.2, 0.25) is 10.0 Å². The zero-order valence-corrected chi connectivity index (χ0v) is 13.2. The van der Waals surface area contributed by atoms with Crippen LogP contribution in [-0.4, -0.2) is 26.3 Å². The Morgan fingerprint density at radius 2 is 1.95 bits per heavy atom. The predicted octanol–water partition coefficient (Wildman–Crippen LogP) is 3.37. The predicted molar refractivity (Wildman–Crippen MR) is 75.2 cm³/mol. The Hall–Kier alpha value is -0.720. The molecule has 0 radical (unpaired) electrons. The third-order valence-corrected chi connectivity index (χ3v) is 5.29. The first kappa shape index (κ1) is 17.3. The molecule has 1 unspecified atom stereocenters. The third kappa shape index (κ3) is 3.68. The zero-order valence-electron chi connectivity index (χ0n) is 11.7. The van der Waals surface area contributed by atoms with Crippen LogP contribution in [0.2, 0.25) is 0 Å². The fraction of sp³-hybridized carbons (Fsp3) is 0.538. The van der Waals surface area contributed by atoms with E-state index in [1.165, 1.54) is 7.05 Å². The van der Waals surface area contributed by atoms with Crippen LogP contribution in [0, 0.1) is 17.6 Å². The second-order valence-corrected chi connectivity index (χ2v) is 7.10. The molecule has 0 aliphatic heterocycles. The van der Waals surface area contributed by atoms with Crippen LogP contribution >= 0.6 is 11.6 Å². The van der Waals surface area contributed by atoms with Gasteiger partial charge in [0.15, 0.2) is 11.6 Å². The van der Waals surface area contributed by atoms with E-state index >= 15 is 0 Å². The second-order valence-electron chi connectivity index (χ2n) is 4.82. The fourth-order valence-electron chi connectivity index (χ4n) is 1.72. The highest BCUT2D eigenvalue weighted by atomic mass is 35.5. The van der Waals surface area contributed by atoms with Crippen LogP contribution in [0.15, 0.2) is 17.0 Å². The van der Waals surface area contributed by atoms with Gasteiger partial charge in [-0.3, -0.25) is 0 Å². The van der Waals surface area contributed by atoms with E-state index in [9.17, 15) is 17.2 Å². The minimum absolute atomic E-state index is 0.0885. The van der Waals surface area contributed by atoms with Gasteiger partial charge in [-0.05, 0) is 23.6 Å². The van der Waals surface area contributed by atoms with Crippen molar-refractivity contribution in [3.05, 3.63) is 29.3 Å². The molecule has 3 nitrogen and oxygen atoms in total. The quantitative estimate of drug-likeness (QED) is 0.752. The number of alkyl halides is 1. The molecule has 0 saturated carbocycles. The largest absolute Gasteiger partial charge is 0.245 e. The summed E-state index contributed by atoms with van der Waals surface area (Å²) in [6.45, 7) is 4.06. The van der Waals surface area contributed by atoms with E-state index in [-0.39, 0.29) is 23.9 Å². The van der Waals surface area contributed by atoms with Gasteiger partial charge in [-0.25, -0.2) is 21.5 Å². The normalized spacial score (nSPS) is 13.8. The summed E-state index contributed by atoms with van der Waals surface area (Å²) in [4.78, 5) is -0.668. The van der Waals surface area contributed by atoms with Gasteiger partial charge in [0.05, 0.1) is 0 Å². The van der Waals surface area contributed by atoms with Crippen LogP contribution in [0.4, 0.5) is 8.78 Å². The first-order valence-electron chi connectivity index (χ1n) is 6.24. The summed E-state index contributed by atoms with van der Waals surface area (Å²) >= 11 is 5.56. The maximum atomic E-state index is 13.8. The number of nitrogens with zero attached hydrogens (tertiary/aromatic N) is 1. The van der Waals surface area contributed by atoms with Gasteiger partial charge in [0.1, 0.15) is 4.90 Å². The van der Waals surface area contributed by atoms with Crippen molar-refractivity contribution in [2.45, 2.75) is 31.0 Å². The number of rotatable bonds is 6. The third-order valence-electron chi connectivity index (χ3n) is 3.16. The lowest BCUT2D eigenvalue weighted by atomic mass is 10.1. The van der Waals surface area contributed by atoms with Gasteiger partial charge in [-0.2, -0.15) is 0 Å². The van der Waals surface area contributed by atoms with Crippen LogP contribution < -0.4 is 0 Å². The van der Waals surface area contributed by atoms with Gasteiger partial charge in [0, 0.05) is 19.5 Å². The molecule has 0 aromatic heterocycles. The molecule has 0 N–H and O–H groups in total. The summed E-state index contributed by atoms with van der Waals surface area (Å²) in [7, 11) is -2.72. The SMILES string of the molecule is CCC(C)CN(C)S(=O)(=O)c1cc(CCl)cc(F)c1F. The Balaban J connectivity index is 3.24. The molecule has 0 spiro atoms. The molecular weight excluding hydrogens is 308 g/mol. The van der Waals surface area contributed by atoms with E-state index in [2.05, 4.69) is 0 Å². The van der Waals surface area contributed by atoms with E-state index < -0.39 is 26.6 Å². The van der Waals surface area contributed by atoms with Crippen LogP contribution in [0.3, 0.4) is 0 Å². The van der Waals surface area contributed by atoms with Crippen LogP contribution in [0.25, 0.3) is 0 Å². The number of hydrogen-bond acceptors (Lipinski definition) is 2. The molecule has 20 heavy (non-hydrogen) atoms. The lowest BCUT2D eigenvalue weighted by Crippen LogP contribution is -2.31. The van der Waals surface area contributed by atoms with Crippen LogP contribution in [0.1, 0.15) is 25.8 Å². The molecule has 0 aliphatic rings. The molecular formula is C13H18ClF2NO2S. The highest BCUT2D eigenvalue weighted by Gasteiger charge is 2.27. The fourth-order valence-corrected chi connectivity index (χ4v) is 3.28. The smallest absolute Gasteiger partial charge is 0.207 e. The Morgan fingerprint density at radius 1 is 1.35 bits per heavy atom. The van der Waals surface area contributed by atoms with Crippen molar-refractivity contribution in [2.75, 3.05) is 13.6 Å². The van der Waals surface area contributed by atoms with Crippen molar-refractivity contribution in [1.82, 2.24) is 4.31 Å². The average molecular weight is 326 g/mol. The van der Waals surface area contributed by atoms with Crippen molar-refractivity contribution >= 4 is 21.6 Å². The summed E-state index contributed by atoms with van der Waals surface area (Å²) in [6, 6.07) is 1.98. The van der Waals surface area contributed by atoms with Crippen molar-refractivity contribution < 1.29 is 17.2 Å². The molecule has 1 atom stereocenters. The Kier molecular flexibility index (Phi) is 5.91. The summed E-state index contributed by atoms with van der Waals surface area (Å²) in [5, 5.41) is 0. The summed E-state index contributed by atoms with van der Waals surface area (Å²) in [6.07, 6.45) is 0.790. The van der Waals surface area contributed by atoms with Crippen molar-refractivity contribution in [3.63, 3.8) is 0 Å². The lowest BCUT2D eigenvalue weighted by molar-refractivity contribution is 0.389. The molecule has 0 bridgehead atoms. The van der Waals surface area contributed by atoms with Crippen molar-refractivity contribution in [3.8, 4) is 0 Å². The Labute approximate surface area is 123 Å². The highest BCUT2D eigenvalue weighted by molar-refractivity contribution is 7.89. The van der Waals surface area contributed by atoms with Gasteiger partial charge < -0.3 is 0 Å². The number of halogens is 3. The molecule has 114 valence electrons. The van der Waals surface area contributed by atoms with Crippen LogP contribution in [0.5, 0.6) is 0 Å². The molecule has 0 fully saturated rings. The number of hydrogen-bond donors (Lipinski definition) is 0. The van der Waals surface area contributed by atoms with Gasteiger partial charge in [0.25, 0.3) is 0 Å². The lowest BCUT2D eigenvalue weighted by Gasteiger charge is -2.21. The highest BCUT2D eigenvalue weighted by Crippen LogP contribution is 2.24. The monoisotopic (exact) mass is 325 g/mol. The maximum Gasteiger partial charge on any atom is 0.245 e. The Bertz CT molecular complexity index is 578. The van der Waals surface area contributed by atoms with E-state index in [1.807, 2.05) is 13.8 Å². The summed E-state index contributed by atoms with van der Waals surface area (Å²) in [5.74, 6) is -2.54. The molecule has 0 amide bonds. The summed E-state index contributed by atoms with van der Waals surface area (Å²) < 4.78 is 52.8. The second kappa shape index (κ2) is 6.83. The molecule has 1 aromatic carbocycles. The molecule has 1 aromatic rings. The van der Waals surface area contributed by atoms with Gasteiger partial charge in [-0.15, -0.1) is 11.6 Å². The van der Waals surface area contributed by atoms with E-state index in [0.29, 0.717) is 0 Å². The van der Waals surface area contributed by atoms with E-state index in [0.717, 1.165) is 22.9 Å². The molecule has 0 saturated heterocycles. The van der Waals surface area contributed by atoms with Crippen molar-refractivity contribution in [1.29, 1.82) is 0 Å². The minimum atomic E-state index is -4.07. The van der Waals surface area contributed by atoms with Gasteiger partial charge in [-0.1, -0.05) is 20.3 Å². The zero-order chi connectivity index (χ0) is 15.5. The summed E-state index contributed by atoms with van der Waals surface area (Å²) in [5.41, 5.74) is 0.223. The van der Waals surface area contributed by atoms with E-state index in [4.69, 9.17) is 11.6 Å². The first-order valence-corrected chi connectivity index (χ1v) is 8.21. The molecule has 0 heterocycles. The molecule has 0 aliphatic carbocycles.